The number of aryl methyl sites for hydroxylation is 2. The van der Waals surface area contributed by atoms with Crippen LogP contribution in [0, 0.1) is 13.8 Å². The molecule has 0 fully saturated rings. The molecule has 5 nitrogen and oxygen atoms in total. The number of methoxy groups -OCH3 is 1. The van der Waals surface area contributed by atoms with Gasteiger partial charge in [-0.1, -0.05) is 29.8 Å². The van der Waals surface area contributed by atoms with Gasteiger partial charge in [-0.3, -0.25) is 4.79 Å². The van der Waals surface area contributed by atoms with Gasteiger partial charge in [0.2, 0.25) is 5.91 Å². The van der Waals surface area contributed by atoms with Crippen molar-refractivity contribution in [2.24, 2.45) is 0 Å². The summed E-state index contributed by atoms with van der Waals surface area (Å²) in [4.78, 5) is 16.7. The topological polar surface area (TPSA) is 60.5 Å². The van der Waals surface area contributed by atoms with Crippen LogP contribution in [0.1, 0.15) is 24.0 Å². The van der Waals surface area contributed by atoms with E-state index in [4.69, 9.17) is 9.47 Å². The molecule has 0 aliphatic rings. The molecule has 6 heteroatoms. The van der Waals surface area contributed by atoms with Crippen LogP contribution in [0.15, 0.2) is 47.8 Å². The van der Waals surface area contributed by atoms with Gasteiger partial charge < -0.3 is 14.8 Å². The van der Waals surface area contributed by atoms with Gasteiger partial charge in [0, 0.05) is 17.4 Å². The number of nitrogens with zero attached hydrogens (tertiary/aromatic N) is 1. The third kappa shape index (κ3) is 5.33. The van der Waals surface area contributed by atoms with Gasteiger partial charge in [0.1, 0.15) is 11.5 Å². The molecule has 0 atom stereocenters. The second kappa shape index (κ2) is 9.37. The van der Waals surface area contributed by atoms with Crippen molar-refractivity contribution in [3.63, 3.8) is 0 Å². The third-order valence-corrected chi connectivity index (χ3v) is 5.01. The van der Waals surface area contributed by atoms with E-state index in [1.54, 1.807) is 7.11 Å². The molecule has 0 aliphatic heterocycles. The molecule has 0 saturated carbocycles. The third-order valence-electron chi connectivity index (χ3n) is 4.25. The molecule has 0 spiro atoms. The molecule has 0 radical (unpaired) electrons. The Morgan fingerprint density at radius 3 is 2.82 bits per heavy atom. The number of anilines is 1. The van der Waals surface area contributed by atoms with E-state index in [9.17, 15) is 4.79 Å². The molecular weight excluding hydrogens is 372 g/mol. The Kier molecular flexibility index (Phi) is 6.66. The predicted octanol–water partition coefficient (Wildman–Crippen LogP) is 5.23. The maximum atomic E-state index is 12.2. The van der Waals surface area contributed by atoms with Crippen LogP contribution in [0.2, 0.25) is 0 Å². The number of carbonyl (C=O) groups excluding carboxylic acids is 1. The number of hydrogen-bond donors (Lipinski definition) is 1. The number of ether oxygens (including phenoxy) is 2. The molecule has 0 aliphatic carbocycles. The number of thiazole rings is 1. The van der Waals surface area contributed by atoms with E-state index < -0.39 is 0 Å². The average molecular weight is 397 g/mol. The van der Waals surface area contributed by atoms with Gasteiger partial charge in [-0.2, -0.15) is 0 Å². The number of benzene rings is 2. The Bertz CT molecular complexity index is 952. The lowest BCUT2D eigenvalue weighted by Crippen LogP contribution is -2.12. The van der Waals surface area contributed by atoms with Crippen molar-refractivity contribution in [2.45, 2.75) is 26.7 Å². The number of hydrogen-bond acceptors (Lipinski definition) is 5. The monoisotopic (exact) mass is 396 g/mol. The summed E-state index contributed by atoms with van der Waals surface area (Å²) in [5.41, 5.74) is 4.09. The number of nitrogens with one attached hydrogen (secondary N) is 1. The standard InChI is InChI=1S/C22H24N2O3S/c1-15-9-10-20(16(2)12-15)27-11-5-8-21(25)24-22-23-19(14-28-22)17-6-4-7-18(13-17)26-3/h4,6-7,9-10,12-14H,5,8,11H2,1-3H3,(H,23,24,25). The fourth-order valence-corrected chi connectivity index (χ4v) is 3.54. The molecule has 0 saturated heterocycles. The number of rotatable bonds is 8. The maximum Gasteiger partial charge on any atom is 0.226 e. The van der Waals surface area contributed by atoms with Crippen molar-refractivity contribution in [1.82, 2.24) is 4.98 Å². The zero-order valence-electron chi connectivity index (χ0n) is 16.3. The van der Waals surface area contributed by atoms with Crippen LogP contribution in [0.25, 0.3) is 11.3 Å². The van der Waals surface area contributed by atoms with Crippen LogP contribution in [-0.2, 0) is 4.79 Å². The van der Waals surface area contributed by atoms with Crippen LogP contribution in [-0.4, -0.2) is 24.6 Å². The SMILES string of the molecule is COc1cccc(-c2csc(NC(=O)CCCOc3ccc(C)cc3C)n2)c1. The van der Waals surface area contributed by atoms with Crippen LogP contribution < -0.4 is 14.8 Å². The Balaban J connectivity index is 1.47. The van der Waals surface area contributed by atoms with Gasteiger partial charge in [-0.15, -0.1) is 11.3 Å². The van der Waals surface area contributed by atoms with E-state index in [0.717, 1.165) is 28.3 Å². The Labute approximate surface area is 169 Å². The van der Waals surface area contributed by atoms with Crippen LogP contribution in [0.5, 0.6) is 11.5 Å². The van der Waals surface area contributed by atoms with Gasteiger partial charge in [0.05, 0.1) is 19.4 Å². The highest BCUT2D eigenvalue weighted by Crippen LogP contribution is 2.27. The second-order valence-electron chi connectivity index (χ2n) is 6.54. The minimum atomic E-state index is -0.0595. The van der Waals surface area contributed by atoms with Crippen LogP contribution in [0.4, 0.5) is 5.13 Å². The summed E-state index contributed by atoms with van der Waals surface area (Å²) in [5, 5.41) is 5.38. The molecule has 3 rings (SSSR count). The normalized spacial score (nSPS) is 10.5. The van der Waals surface area contributed by atoms with Crippen molar-refractivity contribution >= 4 is 22.4 Å². The summed E-state index contributed by atoms with van der Waals surface area (Å²) in [6, 6.07) is 13.8. The van der Waals surface area contributed by atoms with E-state index in [2.05, 4.69) is 23.3 Å². The number of amides is 1. The zero-order chi connectivity index (χ0) is 19.9. The fourth-order valence-electron chi connectivity index (χ4n) is 2.80. The summed E-state index contributed by atoms with van der Waals surface area (Å²) in [6.07, 6.45) is 1.03. The van der Waals surface area contributed by atoms with Gasteiger partial charge in [0.25, 0.3) is 0 Å². The van der Waals surface area contributed by atoms with Crippen molar-refractivity contribution in [3.05, 3.63) is 59.0 Å². The molecule has 1 N–H and O–H groups in total. The van der Waals surface area contributed by atoms with Gasteiger partial charge in [-0.25, -0.2) is 4.98 Å². The van der Waals surface area contributed by atoms with Crippen LogP contribution >= 0.6 is 11.3 Å². The summed E-state index contributed by atoms with van der Waals surface area (Å²) in [7, 11) is 1.63. The van der Waals surface area contributed by atoms with E-state index in [1.807, 2.05) is 48.7 Å². The fraction of sp³-hybridized carbons (Fsp3) is 0.273. The zero-order valence-corrected chi connectivity index (χ0v) is 17.1. The molecule has 2 aromatic carbocycles. The molecule has 28 heavy (non-hydrogen) atoms. The summed E-state index contributed by atoms with van der Waals surface area (Å²) in [6.45, 7) is 4.58. The van der Waals surface area contributed by atoms with Gasteiger partial charge in [0.15, 0.2) is 5.13 Å². The molecular formula is C22H24N2O3S. The summed E-state index contributed by atoms with van der Waals surface area (Å²) < 4.78 is 11.0. The highest BCUT2D eigenvalue weighted by atomic mass is 32.1. The molecule has 1 aromatic heterocycles. The lowest BCUT2D eigenvalue weighted by Gasteiger charge is -2.09. The minimum Gasteiger partial charge on any atom is -0.497 e. The number of aromatic nitrogens is 1. The van der Waals surface area contributed by atoms with Gasteiger partial charge in [-0.05, 0) is 44.0 Å². The second-order valence-corrected chi connectivity index (χ2v) is 7.40. The average Bonchev–Trinajstić information content (AvgIpc) is 3.15. The van der Waals surface area contributed by atoms with Crippen molar-refractivity contribution < 1.29 is 14.3 Å². The van der Waals surface area contributed by atoms with E-state index in [1.165, 1.54) is 16.9 Å². The lowest BCUT2D eigenvalue weighted by atomic mass is 10.1. The molecule has 3 aromatic rings. The molecule has 0 bridgehead atoms. The molecule has 1 heterocycles. The largest absolute Gasteiger partial charge is 0.497 e. The summed E-state index contributed by atoms with van der Waals surface area (Å²) in [5.74, 6) is 1.59. The van der Waals surface area contributed by atoms with Crippen molar-refractivity contribution in [3.8, 4) is 22.8 Å². The smallest absolute Gasteiger partial charge is 0.226 e. The molecule has 146 valence electrons. The van der Waals surface area contributed by atoms with Crippen molar-refractivity contribution in [2.75, 3.05) is 19.0 Å². The highest BCUT2D eigenvalue weighted by Gasteiger charge is 2.09. The lowest BCUT2D eigenvalue weighted by molar-refractivity contribution is -0.116. The van der Waals surface area contributed by atoms with E-state index in [0.29, 0.717) is 24.6 Å². The predicted molar refractivity (Wildman–Crippen MR) is 113 cm³/mol. The van der Waals surface area contributed by atoms with Gasteiger partial charge >= 0.3 is 0 Å². The summed E-state index contributed by atoms with van der Waals surface area (Å²) >= 11 is 1.41. The molecule has 1 amide bonds. The maximum absolute atomic E-state index is 12.2. The van der Waals surface area contributed by atoms with Crippen molar-refractivity contribution in [1.29, 1.82) is 0 Å². The minimum absolute atomic E-state index is 0.0595. The Hall–Kier alpha value is -2.86. The van der Waals surface area contributed by atoms with E-state index in [-0.39, 0.29) is 5.91 Å². The first-order chi connectivity index (χ1) is 13.5. The first-order valence-electron chi connectivity index (χ1n) is 9.15. The molecule has 0 unspecified atom stereocenters. The van der Waals surface area contributed by atoms with E-state index >= 15 is 0 Å². The Morgan fingerprint density at radius 1 is 1.18 bits per heavy atom. The quantitative estimate of drug-likeness (QED) is 0.530. The Morgan fingerprint density at radius 2 is 2.04 bits per heavy atom. The number of carbonyl (C=O) groups is 1. The van der Waals surface area contributed by atoms with Crippen LogP contribution in [0.3, 0.4) is 0 Å². The highest BCUT2D eigenvalue weighted by molar-refractivity contribution is 7.14. The first kappa shape index (κ1) is 19.9. The first-order valence-corrected chi connectivity index (χ1v) is 10.0.